The van der Waals surface area contributed by atoms with Crippen LogP contribution in [0, 0.1) is 6.08 Å². The highest BCUT2D eigenvalue weighted by Crippen LogP contribution is 2.42. The molecule has 2 aromatic heterocycles. The fraction of sp³-hybridized carbons (Fsp3) is 0.294. The van der Waals surface area contributed by atoms with Gasteiger partial charge >= 0.3 is 0 Å². The fourth-order valence-electron chi connectivity index (χ4n) is 3.43. The average Bonchev–Trinajstić information content (AvgIpc) is 3.31. The van der Waals surface area contributed by atoms with Crippen LogP contribution in [-0.4, -0.2) is 31.0 Å². The van der Waals surface area contributed by atoms with Gasteiger partial charge in [0.15, 0.2) is 12.0 Å². The van der Waals surface area contributed by atoms with Crippen molar-refractivity contribution < 1.29 is 4.39 Å². The zero-order chi connectivity index (χ0) is 18.1. The van der Waals surface area contributed by atoms with Gasteiger partial charge in [0.1, 0.15) is 6.34 Å². The highest BCUT2D eigenvalue weighted by molar-refractivity contribution is 5.78. The van der Waals surface area contributed by atoms with Gasteiger partial charge in [0.25, 0.3) is 6.08 Å². The van der Waals surface area contributed by atoms with Gasteiger partial charge in [0, 0.05) is 11.0 Å². The summed E-state index contributed by atoms with van der Waals surface area (Å²) in [6.07, 6.45) is 4.05. The first-order valence-electron chi connectivity index (χ1n) is 8.32. The van der Waals surface area contributed by atoms with Gasteiger partial charge in [-0.1, -0.05) is 39.0 Å². The minimum Gasteiger partial charge on any atom is -0.253 e. The molecule has 1 atom stereocenters. The van der Waals surface area contributed by atoms with Crippen LogP contribution in [0.2, 0.25) is 0 Å². The lowest BCUT2D eigenvalue weighted by atomic mass is 9.93. The molecule has 9 heteroatoms. The molecule has 1 unspecified atom stereocenters. The van der Waals surface area contributed by atoms with E-state index in [1.165, 1.54) is 10.8 Å². The zero-order valence-electron chi connectivity index (χ0n) is 14.6. The molecule has 0 fully saturated rings. The summed E-state index contributed by atoms with van der Waals surface area (Å²) in [5.74, 6) is 0.582. The van der Waals surface area contributed by atoms with Crippen molar-refractivity contribution in [2.75, 3.05) is 10.1 Å². The highest BCUT2D eigenvalue weighted by Gasteiger charge is 2.41. The van der Waals surface area contributed by atoms with Crippen LogP contribution in [0.25, 0.3) is 5.69 Å². The van der Waals surface area contributed by atoms with E-state index in [-0.39, 0.29) is 11.6 Å². The van der Waals surface area contributed by atoms with Gasteiger partial charge in [-0.3, -0.25) is 4.57 Å². The Morgan fingerprint density at radius 3 is 2.73 bits per heavy atom. The van der Waals surface area contributed by atoms with E-state index in [1.807, 2.05) is 29.3 Å². The second kappa shape index (κ2) is 4.90. The van der Waals surface area contributed by atoms with Gasteiger partial charge in [-0.05, 0) is 11.3 Å². The van der Waals surface area contributed by atoms with E-state index in [4.69, 9.17) is 0 Å². The molecular formula is C17H17FN8. The number of aromatic nitrogens is 5. The monoisotopic (exact) mass is 352 g/mol. The van der Waals surface area contributed by atoms with Gasteiger partial charge in [-0.2, -0.15) is 9.51 Å². The molecule has 5 rings (SSSR count). The van der Waals surface area contributed by atoms with E-state index in [0.717, 1.165) is 16.9 Å². The first kappa shape index (κ1) is 15.1. The molecule has 2 aliphatic rings. The summed E-state index contributed by atoms with van der Waals surface area (Å²) in [5.41, 5.74) is 2.38. The van der Waals surface area contributed by atoms with Gasteiger partial charge in [0.2, 0.25) is 0 Å². The molecule has 26 heavy (non-hydrogen) atoms. The van der Waals surface area contributed by atoms with Crippen LogP contribution in [0.4, 0.5) is 10.2 Å². The molecule has 8 nitrogen and oxygen atoms in total. The Bertz CT molecular complexity index is 1030. The molecule has 0 amide bonds. The predicted octanol–water partition coefficient (Wildman–Crippen LogP) is 2.31. The summed E-state index contributed by atoms with van der Waals surface area (Å²) in [6.45, 7) is 6.26. The normalized spacial score (nSPS) is 18.1. The van der Waals surface area contributed by atoms with E-state index in [1.54, 1.807) is 22.4 Å². The number of para-hydroxylation sites is 1. The quantitative estimate of drug-likeness (QED) is 0.672. The first-order valence-corrected chi connectivity index (χ1v) is 8.32. The third kappa shape index (κ3) is 1.88. The Hall–Kier alpha value is -3.23. The van der Waals surface area contributed by atoms with Crippen molar-refractivity contribution in [3.8, 4) is 5.69 Å². The van der Waals surface area contributed by atoms with Gasteiger partial charge in [-0.25, -0.2) is 15.0 Å². The topological polar surface area (TPSA) is 67.4 Å². The van der Waals surface area contributed by atoms with Gasteiger partial charge < -0.3 is 0 Å². The third-order valence-electron chi connectivity index (χ3n) is 4.65. The van der Waals surface area contributed by atoms with Crippen LogP contribution in [0.15, 0.2) is 41.7 Å². The maximum atomic E-state index is 14.4. The van der Waals surface area contributed by atoms with E-state index in [9.17, 15) is 4.39 Å². The van der Waals surface area contributed by atoms with Crippen molar-refractivity contribution in [1.29, 1.82) is 0 Å². The number of nitrogens with zero attached hydrogens (tertiary/aromatic N) is 8. The summed E-state index contributed by atoms with van der Waals surface area (Å²) < 4.78 is 15.9. The lowest BCUT2D eigenvalue weighted by Crippen LogP contribution is -2.50. The molecule has 0 spiro atoms. The molecule has 0 saturated heterocycles. The summed E-state index contributed by atoms with van der Waals surface area (Å²) in [7, 11) is 0. The van der Waals surface area contributed by atoms with Gasteiger partial charge in [-0.15, -0.1) is 9.89 Å². The van der Waals surface area contributed by atoms with Crippen molar-refractivity contribution in [2.24, 2.45) is 4.99 Å². The lowest BCUT2D eigenvalue weighted by molar-refractivity contribution is 0.462. The smallest absolute Gasteiger partial charge is 0.253 e. The molecule has 132 valence electrons. The number of rotatable bonds is 1. The van der Waals surface area contributed by atoms with Crippen LogP contribution in [0.5, 0.6) is 0 Å². The molecule has 0 bridgehead atoms. The Labute approximate surface area is 149 Å². The number of hydrazine groups is 1. The molecule has 2 aliphatic heterocycles. The maximum absolute atomic E-state index is 14.4. The van der Waals surface area contributed by atoms with E-state index >= 15 is 0 Å². The number of aliphatic imine (C=N–C) groups is 1. The van der Waals surface area contributed by atoms with E-state index in [0.29, 0.717) is 5.82 Å². The van der Waals surface area contributed by atoms with Crippen molar-refractivity contribution in [3.05, 3.63) is 54.0 Å². The van der Waals surface area contributed by atoms with Crippen molar-refractivity contribution in [2.45, 2.75) is 32.4 Å². The van der Waals surface area contributed by atoms with Crippen molar-refractivity contribution in [3.63, 3.8) is 0 Å². The second-order valence-corrected chi connectivity index (χ2v) is 7.34. The molecule has 3 aromatic rings. The summed E-state index contributed by atoms with van der Waals surface area (Å²) >= 11 is 0. The minimum absolute atomic E-state index is 0.172. The molecule has 1 aromatic carbocycles. The SMILES string of the molecule is CC(C)(C)c1cnnn1N1C=NC2c3ccccc3-n3c(cnc3F)N21. The Morgan fingerprint density at radius 1 is 1.12 bits per heavy atom. The van der Waals surface area contributed by atoms with Crippen LogP contribution in [0.3, 0.4) is 0 Å². The second-order valence-electron chi connectivity index (χ2n) is 7.34. The van der Waals surface area contributed by atoms with Gasteiger partial charge in [0.05, 0.1) is 23.8 Å². The summed E-state index contributed by atoms with van der Waals surface area (Å²) in [6, 6.07) is 7.62. The number of imidazole rings is 1. The maximum Gasteiger partial charge on any atom is 0.295 e. The summed E-state index contributed by atoms with van der Waals surface area (Å²) in [5, 5.41) is 11.9. The lowest BCUT2D eigenvalue weighted by Gasteiger charge is -2.37. The molecule has 0 radical (unpaired) electrons. The molecule has 0 saturated carbocycles. The van der Waals surface area contributed by atoms with E-state index in [2.05, 4.69) is 41.1 Å². The van der Waals surface area contributed by atoms with Crippen molar-refractivity contribution in [1.82, 2.24) is 24.7 Å². The first-order chi connectivity index (χ1) is 12.5. The Morgan fingerprint density at radius 2 is 1.92 bits per heavy atom. The predicted molar refractivity (Wildman–Crippen MR) is 94.2 cm³/mol. The van der Waals surface area contributed by atoms with Crippen molar-refractivity contribution >= 4 is 12.2 Å². The van der Waals surface area contributed by atoms with Crippen LogP contribution < -0.4 is 10.1 Å². The highest BCUT2D eigenvalue weighted by atomic mass is 19.1. The van der Waals surface area contributed by atoms with Crippen LogP contribution in [-0.2, 0) is 5.41 Å². The van der Waals surface area contributed by atoms with Crippen LogP contribution in [0.1, 0.15) is 38.2 Å². The van der Waals surface area contributed by atoms with E-state index < -0.39 is 6.08 Å². The molecule has 0 aliphatic carbocycles. The minimum atomic E-state index is -0.563. The number of fused-ring (bicyclic) bond motifs is 6. The standard InChI is InChI=1S/C17H17FN8/c1-17(2,3)13-8-21-22-26(13)23-10-20-15-11-6-4-5-7-12(11)24-14(25(15)23)9-19-16(24)18/h4-10,15H,1-3H3. The number of benzene rings is 1. The Kier molecular flexibility index (Phi) is 2.84. The molecular weight excluding hydrogens is 335 g/mol. The number of anilines is 1. The number of hydrogen-bond donors (Lipinski definition) is 0. The number of hydrogen-bond acceptors (Lipinski definition) is 6. The third-order valence-corrected chi connectivity index (χ3v) is 4.65. The molecule has 4 heterocycles. The number of halogens is 1. The summed E-state index contributed by atoms with van der Waals surface area (Å²) in [4.78, 5) is 10.2. The molecule has 0 N–H and O–H groups in total. The largest absolute Gasteiger partial charge is 0.295 e. The van der Waals surface area contributed by atoms with Crippen LogP contribution >= 0.6 is 0 Å². The fourth-order valence-corrected chi connectivity index (χ4v) is 3.43. The average molecular weight is 352 g/mol. The zero-order valence-corrected chi connectivity index (χ0v) is 14.6. The Balaban J connectivity index is 1.70.